The van der Waals surface area contributed by atoms with Gasteiger partial charge < -0.3 is 9.94 Å². The minimum absolute atomic E-state index is 0.355. The van der Waals surface area contributed by atoms with Gasteiger partial charge in [0.15, 0.2) is 0 Å². The predicted molar refractivity (Wildman–Crippen MR) is 100 cm³/mol. The van der Waals surface area contributed by atoms with Crippen LogP contribution in [0.15, 0.2) is 65.8 Å². The third kappa shape index (κ3) is 3.78. The molecule has 0 saturated carbocycles. The Morgan fingerprint density at radius 2 is 1.73 bits per heavy atom. The van der Waals surface area contributed by atoms with E-state index in [2.05, 4.69) is 22.2 Å². The highest BCUT2D eigenvalue weighted by molar-refractivity contribution is 6.07. The van der Waals surface area contributed by atoms with Gasteiger partial charge >= 0.3 is 5.97 Å². The van der Waals surface area contributed by atoms with Gasteiger partial charge in [-0.3, -0.25) is 9.69 Å². The van der Waals surface area contributed by atoms with Gasteiger partial charge in [-0.2, -0.15) is 0 Å². The second kappa shape index (κ2) is 8.15. The van der Waals surface area contributed by atoms with E-state index in [-0.39, 0.29) is 5.97 Å². The second-order valence-corrected chi connectivity index (χ2v) is 6.73. The van der Waals surface area contributed by atoms with Crippen molar-refractivity contribution in [2.24, 2.45) is 10.6 Å². The molecule has 1 heterocycles. The van der Waals surface area contributed by atoms with Crippen LogP contribution >= 0.6 is 0 Å². The van der Waals surface area contributed by atoms with Crippen LogP contribution in [0.25, 0.3) is 0 Å². The summed E-state index contributed by atoms with van der Waals surface area (Å²) in [5, 5.41) is 13.1. The molecule has 0 aliphatic carbocycles. The first-order chi connectivity index (χ1) is 12.7. The molecule has 0 bridgehead atoms. The molecule has 136 valence electrons. The molecule has 0 aromatic heterocycles. The van der Waals surface area contributed by atoms with Gasteiger partial charge in [0.2, 0.25) is 0 Å². The lowest BCUT2D eigenvalue weighted by Gasteiger charge is -2.41. The molecule has 1 saturated heterocycles. The summed E-state index contributed by atoms with van der Waals surface area (Å²) in [6.07, 6.45) is 0.983. The Kier molecular flexibility index (Phi) is 5.68. The van der Waals surface area contributed by atoms with Crippen molar-refractivity contribution in [2.45, 2.75) is 19.4 Å². The molecule has 26 heavy (non-hydrogen) atoms. The molecule has 5 heteroatoms. The minimum atomic E-state index is -0.974. The third-order valence-corrected chi connectivity index (χ3v) is 5.01. The number of likely N-dealkylation sites (tertiary alicyclic amines) is 1. The van der Waals surface area contributed by atoms with E-state index in [0.29, 0.717) is 25.1 Å². The third-order valence-electron chi connectivity index (χ3n) is 5.01. The average Bonchev–Trinajstić information content (AvgIpc) is 2.69. The van der Waals surface area contributed by atoms with E-state index in [1.54, 1.807) is 0 Å². The quantitative estimate of drug-likeness (QED) is 0.510. The molecular weight excluding hydrogens is 328 g/mol. The summed E-state index contributed by atoms with van der Waals surface area (Å²) in [7, 11) is 1.39. The van der Waals surface area contributed by atoms with Crippen molar-refractivity contribution in [1.29, 1.82) is 0 Å². The van der Waals surface area contributed by atoms with E-state index in [9.17, 15) is 10.0 Å². The maximum Gasteiger partial charge on any atom is 0.319 e. The number of methoxy groups -OCH3 is 1. The average molecular weight is 352 g/mol. The van der Waals surface area contributed by atoms with E-state index in [0.717, 1.165) is 18.7 Å². The lowest BCUT2D eigenvalue weighted by Crippen LogP contribution is -2.55. The van der Waals surface area contributed by atoms with Crippen LogP contribution in [0.3, 0.4) is 0 Å². The standard InChI is InChI=1S/C21H24N2O3/c1-26-20(24)21(14-17-8-4-2-5-9-17)16-23(13-12-19(21)22-25)15-18-10-6-3-7-11-18/h2-11,25H,12-16H2,1H3. The number of hydrogen-bond donors (Lipinski definition) is 1. The zero-order valence-electron chi connectivity index (χ0n) is 15.0. The van der Waals surface area contributed by atoms with Crippen LogP contribution in [-0.2, 0) is 22.5 Å². The molecule has 2 aromatic rings. The summed E-state index contributed by atoms with van der Waals surface area (Å²) in [4.78, 5) is 15.0. The van der Waals surface area contributed by atoms with Crippen molar-refractivity contribution in [1.82, 2.24) is 4.90 Å². The van der Waals surface area contributed by atoms with Gasteiger partial charge in [-0.15, -0.1) is 0 Å². The van der Waals surface area contributed by atoms with Crippen molar-refractivity contribution in [3.8, 4) is 0 Å². The highest BCUT2D eigenvalue weighted by Crippen LogP contribution is 2.34. The molecule has 0 spiro atoms. The van der Waals surface area contributed by atoms with Crippen molar-refractivity contribution in [3.63, 3.8) is 0 Å². The summed E-state index contributed by atoms with van der Waals surface area (Å²) >= 11 is 0. The number of piperidine rings is 1. The Balaban J connectivity index is 1.91. The molecule has 1 atom stereocenters. The molecule has 2 aromatic carbocycles. The van der Waals surface area contributed by atoms with Gasteiger partial charge in [-0.25, -0.2) is 0 Å². The Hall–Kier alpha value is -2.66. The second-order valence-electron chi connectivity index (χ2n) is 6.73. The fraction of sp³-hybridized carbons (Fsp3) is 0.333. The SMILES string of the molecule is COC(=O)C1(Cc2ccccc2)CN(Cc2ccccc2)CCC1=NO. The van der Waals surface area contributed by atoms with Crippen LogP contribution in [0.2, 0.25) is 0 Å². The summed E-state index contributed by atoms with van der Waals surface area (Å²) in [6, 6.07) is 20.0. The molecule has 1 fully saturated rings. The molecule has 1 unspecified atom stereocenters. The first kappa shape index (κ1) is 18.1. The highest BCUT2D eigenvalue weighted by atomic mass is 16.5. The number of hydrogen-bond acceptors (Lipinski definition) is 5. The summed E-state index contributed by atoms with van der Waals surface area (Å²) in [6.45, 7) is 1.94. The fourth-order valence-electron chi connectivity index (χ4n) is 3.73. The molecule has 0 radical (unpaired) electrons. The first-order valence-corrected chi connectivity index (χ1v) is 8.78. The summed E-state index contributed by atoms with van der Waals surface area (Å²) in [5.74, 6) is -0.355. The Bertz CT molecular complexity index is 761. The lowest BCUT2D eigenvalue weighted by atomic mass is 9.73. The number of carbonyl (C=O) groups is 1. The van der Waals surface area contributed by atoms with Crippen LogP contribution in [-0.4, -0.2) is 42.0 Å². The minimum Gasteiger partial charge on any atom is -0.468 e. The van der Waals surface area contributed by atoms with Crippen molar-refractivity contribution < 1.29 is 14.7 Å². The zero-order chi connectivity index (χ0) is 18.4. The van der Waals surface area contributed by atoms with Crippen LogP contribution in [0.1, 0.15) is 17.5 Å². The predicted octanol–water partition coefficient (Wildman–Crippen LogP) is 3.12. The maximum atomic E-state index is 12.8. The normalized spacial score (nSPS) is 22.3. The monoisotopic (exact) mass is 352 g/mol. The van der Waals surface area contributed by atoms with Gasteiger partial charge in [-0.1, -0.05) is 65.8 Å². The molecule has 1 aliphatic rings. The van der Waals surface area contributed by atoms with Gasteiger partial charge in [0.25, 0.3) is 0 Å². The van der Waals surface area contributed by atoms with Gasteiger partial charge in [0, 0.05) is 26.1 Å². The number of benzene rings is 2. The van der Waals surface area contributed by atoms with Gasteiger partial charge in [0.05, 0.1) is 12.8 Å². The highest BCUT2D eigenvalue weighted by Gasteiger charge is 2.48. The first-order valence-electron chi connectivity index (χ1n) is 8.78. The Morgan fingerprint density at radius 1 is 1.12 bits per heavy atom. The van der Waals surface area contributed by atoms with Crippen molar-refractivity contribution in [3.05, 3.63) is 71.8 Å². The van der Waals surface area contributed by atoms with E-state index in [1.807, 2.05) is 48.5 Å². The molecule has 0 amide bonds. The molecular formula is C21H24N2O3. The Morgan fingerprint density at radius 3 is 2.31 bits per heavy atom. The number of oxime groups is 1. The van der Waals surface area contributed by atoms with Crippen molar-refractivity contribution >= 4 is 11.7 Å². The van der Waals surface area contributed by atoms with Crippen LogP contribution in [0, 0.1) is 5.41 Å². The zero-order valence-corrected chi connectivity index (χ0v) is 15.0. The number of esters is 1. The van der Waals surface area contributed by atoms with Crippen molar-refractivity contribution in [2.75, 3.05) is 20.2 Å². The summed E-state index contributed by atoms with van der Waals surface area (Å²) in [5.41, 5.74) is 1.73. The molecule has 1 aliphatic heterocycles. The van der Waals surface area contributed by atoms with E-state index >= 15 is 0 Å². The van der Waals surface area contributed by atoms with E-state index < -0.39 is 5.41 Å². The van der Waals surface area contributed by atoms with Crippen LogP contribution in [0.4, 0.5) is 0 Å². The maximum absolute atomic E-state index is 12.8. The number of ether oxygens (including phenoxy) is 1. The fourth-order valence-corrected chi connectivity index (χ4v) is 3.73. The lowest BCUT2D eigenvalue weighted by molar-refractivity contribution is -0.150. The smallest absolute Gasteiger partial charge is 0.319 e. The molecule has 1 N–H and O–H groups in total. The molecule has 5 nitrogen and oxygen atoms in total. The largest absolute Gasteiger partial charge is 0.468 e. The molecule has 3 rings (SSSR count). The van der Waals surface area contributed by atoms with E-state index in [1.165, 1.54) is 12.7 Å². The number of carbonyl (C=O) groups excluding carboxylic acids is 1. The Labute approximate surface area is 153 Å². The van der Waals surface area contributed by atoms with Gasteiger partial charge in [-0.05, 0) is 17.5 Å². The topological polar surface area (TPSA) is 62.1 Å². The van der Waals surface area contributed by atoms with Crippen LogP contribution in [0.5, 0.6) is 0 Å². The van der Waals surface area contributed by atoms with Gasteiger partial charge in [0.1, 0.15) is 5.41 Å². The van der Waals surface area contributed by atoms with Crippen LogP contribution < -0.4 is 0 Å². The summed E-state index contributed by atoms with van der Waals surface area (Å²) < 4.78 is 5.14. The number of nitrogens with zero attached hydrogens (tertiary/aromatic N) is 2. The van der Waals surface area contributed by atoms with E-state index in [4.69, 9.17) is 4.74 Å². The number of rotatable bonds is 5.